The number of carbonyl (C=O) groups is 2. The van der Waals surface area contributed by atoms with Gasteiger partial charge in [0.1, 0.15) is 11.5 Å². The number of aliphatic carboxylic acids is 1. The van der Waals surface area contributed by atoms with Gasteiger partial charge >= 0.3 is 5.97 Å². The molecule has 29 heavy (non-hydrogen) atoms. The highest BCUT2D eigenvalue weighted by atomic mass is 79.9. The lowest BCUT2D eigenvalue weighted by atomic mass is 10.0. The number of halogens is 2. The number of rotatable bonds is 5. The largest absolute Gasteiger partial charge is 0.477 e. The summed E-state index contributed by atoms with van der Waals surface area (Å²) in [5, 5.41) is 14.3. The molecular formula is C18H15BrFN3O5S. The molecule has 1 aliphatic rings. The number of nitrogens with one attached hydrogen (secondary N) is 3. The Hall–Kier alpha value is -2.76. The summed E-state index contributed by atoms with van der Waals surface area (Å²) in [6.07, 6.45) is 1.18. The molecule has 1 aliphatic heterocycles. The molecule has 152 valence electrons. The van der Waals surface area contributed by atoms with E-state index in [0.29, 0.717) is 5.56 Å². The van der Waals surface area contributed by atoms with E-state index in [1.165, 1.54) is 37.4 Å². The Kier molecular flexibility index (Phi) is 5.73. The van der Waals surface area contributed by atoms with Crippen LogP contribution in [0.4, 0.5) is 10.1 Å². The van der Waals surface area contributed by atoms with Crippen LogP contribution in [0.5, 0.6) is 0 Å². The summed E-state index contributed by atoms with van der Waals surface area (Å²) in [5.74, 6) is -2.31. The standard InChI is InChI=1S/C18H15BrFN3O5S/c1-21-17(24)9-2-4-11(5-3-9)29(27,28)23-14-8-15(18(25)26)22-13-7-10(20)6-12(19)16(13)14/h2-8,14,22-23H,1H3,(H,21,24)(H,25,26). The van der Waals surface area contributed by atoms with Crippen LogP contribution in [-0.2, 0) is 14.8 Å². The minimum absolute atomic E-state index is 0.117. The number of hydrogen-bond donors (Lipinski definition) is 4. The molecule has 2 aromatic rings. The van der Waals surface area contributed by atoms with Gasteiger partial charge in [0.2, 0.25) is 10.0 Å². The SMILES string of the molecule is CNC(=O)c1ccc(S(=O)(=O)NC2C=C(C(=O)O)Nc3cc(F)cc(Br)c32)cc1. The van der Waals surface area contributed by atoms with Crippen LogP contribution in [0.25, 0.3) is 0 Å². The van der Waals surface area contributed by atoms with Crippen molar-refractivity contribution in [3.05, 3.63) is 69.6 Å². The molecule has 1 amide bonds. The molecule has 0 bridgehead atoms. The first-order chi connectivity index (χ1) is 13.6. The van der Waals surface area contributed by atoms with Crippen molar-refractivity contribution in [3.8, 4) is 0 Å². The second-order valence-electron chi connectivity index (χ2n) is 6.06. The lowest BCUT2D eigenvalue weighted by Crippen LogP contribution is -2.32. The van der Waals surface area contributed by atoms with Gasteiger partial charge in [-0.2, -0.15) is 4.72 Å². The van der Waals surface area contributed by atoms with Crippen molar-refractivity contribution in [2.24, 2.45) is 0 Å². The van der Waals surface area contributed by atoms with Crippen LogP contribution in [0, 0.1) is 5.82 Å². The van der Waals surface area contributed by atoms with Gasteiger partial charge in [0.05, 0.1) is 10.9 Å². The van der Waals surface area contributed by atoms with Crippen molar-refractivity contribution in [2.75, 3.05) is 12.4 Å². The Morgan fingerprint density at radius 2 is 1.86 bits per heavy atom. The van der Waals surface area contributed by atoms with Crippen LogP contribution in [0.1, 0.15) is 22.0 Å². The Morgan fingerprint density at radius 3 is 2.45 bits per heavy atom. The fourth-order valence-corrected chi connectivity index (χ4v) is 4.65. The van der Waals surface area contributed by atoms with Crippen molar-refractivity contribution in [2.45, 2.75) is 10.9 Å². The highest BCUT2D eigenvalue weighted by Gasteiger charge is 2.30. The number of sulfonamides is 1. The Bertz CT molecular complexity index is 1130. The van der Waals surface area contributed by atoms with E-state index in [1.807, 2.05) is 0 Å². The molecule has 0 saturated carbocycles. The van der Waals surface area contributed by atoms with E-state index in [0.717, 1.165) is 12.1 Å². The maximum Gasteiger partial charge on any atom is 0.352 e. The van der Waals surface area contributed by atoms with Crippen LogP contribution in [-0.4, -0.2) is 32.4 Å². The summed E-state index contributed by atoms with van der Waals surface area (Å²) >= 11 is 3.19. The zero-order valence-electron chi connectivity index (χ0n) is 14.9. The third-order valence-corrected chi connectivity index (χ3v) is 6.29. The monoisotopic (exact) mass is 483 g/mol. The van der Waals surface area contributed by atoms with E-state index >= 15 is 0 Å². The molecule has 4 N–H and O–H groups in total. The molecule has 1 atom stereocenters. The molecule has 1 unspecified atom stereocenters. The fraction of sp³-hybridized carbons (Fsp3) is 0.111. The van der Waals surface area contributed by atoms with Gasteiger partial charge in [0, 0.05) is 28.3 Å². The Balaban J connectivity index is 1.99. The summed E-state index contributed by atoms with van der Waals surface area (Å²) in [5.41, 5.74) is 0.448. The van der Waals surface area contributed by atoms with Gasteiger partial charge in [-0.3, -0.25) is 4.79 Å². The van der Waals surface area contributed by atoms with Gasteiger partial charge in [0.25, 0.3) is 5.91 Å². The number of fused-ring (bicyclic) bond motifs is 1. The quantitative estimate of drug-likeness (QED) is 0.517. The third kappa shape index (κ3) is 4.31. The summed E-state index contributed by atoms with van der Waals surface area (Å²) < 4.78 is 42.1. The van der Waals surface area contributed by atoms with E-state index in [4.69, 9.17) is 0 Å². The Morgan fingerprint density at radius 1 is 1.21 bits per heavy atom. The second-order valence-corrected chi connectivity index (χ2v) is 8.63. The van der Waals surface area contributed by atoms with Gasteiger partial charge < -0.3 is 15.7 Å². The number of carbonyl (C=O) groups excluding carboxylic acids is 1. The first-order valence-electron chi connectivity index (χ1n) is 8.18. The van der Waals surface area contributed by atoms with E-state index in [1.54, 1.807) is 0 Å². The first kappa shape index (κ1) is 21.0. The fourth-order valence-electron chi connectivity index (χ4n) is 2.82. The molecule has 1 heterocycles. The van der Waals surface area contributed by atoms with E-state index in [9.17, 15) is 27.5 Å². The highest BCUT2D eigenvalue weighted by molar-refractivity contribution is 9.10. The van der Waals surface area contributed by atoms with Gasteiger partial charge in [0.15, 0.2) is 0 Å². The van der Waals surface area contributed by atoms with E-state index < -0.39 is 27.9 Å². The zero-order chi connectivity index (χ0) is 21.3. The molecule has 0 spiro atoms. The van der Waals surface area contributed by atoms with Crippen molar-refractivity contribution >= 4 is 43.5 Å². The Labute approximate surface area is 174 Å². The number of carboxylic acids is 1. The van der Waals surface area contributed by atoms with Crippen molar-refractivity contribution in [3.63, 3.8) is 0 Å². The maximum atomic E-state index is 13.7. The van der Waals surface area contributed by atoms with Crippen molar-refractivity contribution in [1.29, 1.82) is 0 Å². The van der Waals surface area contributed by atoms with Gasteiger partial charge in [-0.1, -0.05) is 15.9 Å². The highest BCUT2D eigenvalue weighted by Crippen LogP contribution is 2.37. The number of benzene rings is 2. The van der Waals surface area contributed by atoms with Crippen LogP contribution < -0.4 is 15.4 Å². The molecule has 0 saturated heterocycles. The number of amides is 1. The predicted molar refractivity (Wildman–Crippen MR) is 106 cm³/mol. The van der Waals surface area contributed by atoms with Crippen LogP contribution in [0.2, 0.25) is 0 Å². The van der Waals surface area contributed by atoms with Gasteiger partial charge in [-0.15, -0.1) is 0 Å². The summed E-state index contributed by atoms with van der Waals surface area (Å²) in [6.45, 7) is 0. The molecule has 0 fully saturated rings. The van der Waals surface area contributed by atoms with Gasteiger partial charge in [-0.05, 0) is 42.5 Å². The minimum Gasteiger partial charge on any atom is -0.477 e. The van der Waals surface area contributed by atoms with E-state index in [2.05, 4.69) is 31.3 Å². The van der Waals surface area contributed by atoms with Crippen molar-refractivity contribution < 1.29 is 27.5 Å². The molecule has 8 nitrogen and oxygen atoms in total. The maximum absolute atomic E-state index is 13.7. The first-order valence-corrected chi connectivity index (χ1v) is 10.5. The van der Waals surface area contributed by atoms with Crippen LogP contribution >= 0.6 is 15.9 Å². The molecule has 3 rings (SSSR count). The lowest BCUT2D eigenvalue weighted by Gasteiger charge is -2.26. The number of anilines is 1. The summed E-state index contributed by atoms with van der Waals surface area (Å²) in [4.78, 5) is 22.9. The van der Waals surface area contributed by atoms with Crippen molar-refractivity contribution in [1.82, 2.24) is 10.0 Å². The molecule has 0 aliphatic carbocycles. The summed E-state index contributed by atoms with van der Waals surface area (Å²) in [7, 11) is -2.63. The van der Waals surface area contributed by atoms with Crippen LogP contribution in [0.3, 0.4) is 0 Å². The topological polar surface area (TPSA) is 125 Å². The average molecular weight is 484 g/mol. The number of hydrogen-bond acceptors (Lipinski definition) is 5. The second kappa shape index (κ2) is 7.93. The normalized spacial score (nSPS) is 15.7. The zero-order valence-corrected chi connectivity index (χ0v) is 17.3. The number of carboxylic acid groups (broad SMARTS) is 1. The summed E-state index contributed by atoms with van der Waals surface area (Å²) in [6, 6.07) is 6.39. The lowest BCUT2D eigenvalue weighted by molar-refractivity contribution is -0.132. The van der Waals surface area contributed by atoms with E-state index in [-0.39, 0.29) is 32.2 Å². The molecule has 11 heteroatoms. The molecule has 0 aromatic heterocycles. The smallest absolute Gasteiger partial charge is 0.352 e. The third-order valence-electron chi connectivity index (χ3n) is 4.17. The average Bonchev–Trinajstić information content (AvgIpc) is 2.66. The molecule has 0 radical (unpaired) electrons. The predicted octanol–water partition coefficient (Wildman–Crippen LogP) is 2.36. The molecular weight excluding hydrogens is 469 g/mol. The van der Waals surface area contributed by atoms with Crippen LogP contribution in [0.15, 0.2) is 57.5 Å². The molecule has 2 aromatic carbocycles. The minimum atomic E-state index is -4.09. The van der Waals surface area contributed by atoms with Gasteiger partial charge in [-0.25, -0.2) is 17.6 Å².